The summed E-state index contributed by atoms with van der Waals surface area (Å²) in [5.74, 6) is -5.50. The van der Waals surface area contributed by atoms with E-state index < -0.39 is 72.8 Å². The van der Waals surface area contributed by atoms with E-state index in [2.05, 4.69) is 25.9 Å². The van der Waals surface area contributed by atoms with E-state index in [-0.39, 0.29) is 12.3 Å². The van der Waals surface area contributed by atoms with Crippen LogP contribution in [0.2, 0.25) is 0 Å². The lowest BCUT2D eigenvalue weighted by molar-refractivity contribution is -0.144. The molecule has 0 bridgehead atoms. The topological polar surface area (TPSA) is 237 Å². The van der Waals surface area contributed by atoms with E-state index in [9.17, 15) is 34.2 Å². The van der Waals surface area contributed by atoms with Crippen LogP contribution in [0.25, 0.3) is 0 Å². The lowest BCUT2D eigenvalue weighted by Gasteiger charge is -2.28. The largest absolute Gasteiger partial charge is 0.481 e. The summed E-state index contributed by atoms with van der Waals surface area (Å²) in [5, 5.41) is 35.1. The molecule has 0 saturated carbocycles. The molecule has 6 unspecified atom stereocenters. The molecule has 1 heterocycles. The van der Waals surface area contributed by atoms with Crippen LogP contribution in [0.15, 0.2) is 12.5 Å². The summed E-state index contributed by atoms with van der Waals surface area (Å²) in [6.07, 6.45) is 1.25. The normalized spacial score (nSPS) is 16.1. The van der Waals surface area contributed by atoms with Gasteiger partial charge >= 0.3 is 11.9 Å². The molecular formula is C21H34N6O8. The molecule has 0 fully saturated rings. The predicted octanol–water partition coefficient (Wildman–Crippen LogP) is -1.89. The lowest BCUT2D eigenvalue weighted by Crippen LogP contribution is -2.61. The van der Waals surface area contributed by atoms with Crippen LogP contribution >= 0.6 is 0 Å². The average Bonchev–Trinajstić information content (AvgIpc) is 3.29. The highest BCUT2D eigenvalue weighted by atomic mass is 16.4. The summed E-state index contributed by atoms with van der Waals surface area (Å²) in [5.41, 5.74) is 6.56. The molecule has 6 atom stereocenters. The second-order valence-corrected chi connectivity index (χ2v) is 8.32. The molecule has 9 N–H and O–H groups in total. The van der Waals surface area contributed by atoms with Gasteiger partial charge in [-0.15, -0.1) is 0 Å². The first-order chi connectivity index (χ1) is 16.4. The van der Waals surface area contributed by atoms with Gasteiger partial charge in [0.25, 0.3) is 0 Å². The van der Waals surface area contributed by atoms with Gasteiger partial charge in [-0.1, -0.05) is 20.3 Å². The summed E-state index contributed by atoms with van der Waals surface area (Å²) in [6, 6.07) is -5.19. The number of hydrogen-bond donors (Lipinski definition) is 8. The molecular weight excluding hydrogens is 464 g/mol. The van der Waals surface area contributed by atoms with Gasteiger partial charge in [-0.2, -0.15) is 0 Å². The first-order valence-corrected chi connectivity index (χ1v) is 11.1. The standard InChI is InChI=1S/C21H34N6O8/c1-4-10(2)16(26-18(31)13(22)7-12-8-23-9-24-12)19(32)27-17(11(3)28)20(33)25-14(21(34)35)5-6-15(29)30/h8-11,13-14,16-17,28H,4-7,22H2,1-3H3,(H,23,24)(H,25,33)(H,26,31)(H,27,32)(H,29,30)(H,34,35). The Morgan fingerprint density at radius 1 is 1.03 bits per heavy atom. The predicted molar refractivity (Wildman–Crippen MR) is 122 cm³/mol. The number of carboxylic acids is 2. The average molecular weight is 499 g/mol. The maximum Gasteiger partial charge on any atom is 0.326 e. The van der Waals surface area contributed by atoms with Crippen molar-refractivity contribution in [3.63, 3.8) is 0 Å². The fraction of sp³-hybridized carbons (Fsp3) is 0.619. The molecule has 1 aromatic rings. The van der Waals surface area contributed by atoms with Crippen LogP contribution in [-0.2, 0) is 30.4 Å². The van der Waals surface area contributed by atoms with Gasteiger partial charge in [0.1, 0.15) is 18.1 Å². The van der Waals surface area contributed by atoms with Gasteiger partial charge in [0, 0.05) is 24.7 Å². The highest BCUT2D eigenvalue weighted by Crippen LogP contribution is 2.10. The second-order valence-electron chi connectivity index (χ2n) is 8.32. The number of carbonyl (C=O) groups excluding carboxylic acids is 3. The van der Waals surface area contributed by atoms with Gasteiger partial charge in [0.2, 0.25) is 17.7 Å². The number of aromatic amines is 1. The van der Waals surface area contributed by atoms with Crippen molar-refractivity contribution >= 4 is 29.7 Å². The maximum atomic E-state index is 13.0. The summed E-state index contributed by atoms with van der Waals surface area (Å²) in [6.45, 7) is 4.71. The van der Waals surface area contributed by atoms with Crippen molar-refractivity contribution in [2.75, 3.05) is 0 Å². The maximum absolute atomic E-state index is 13.0. The van der Waals surface area contributed by atoms with Crippen LogP contribution in [0.4, 0.5) is 0 Å². The number of hydrogen-bond acceptors (Lipinski definition) is 8. The number of aliphatic hydroxyl groups excluding tert-OH is 1. The summed E-state index contributed by atoms with van der Waals surface area (Å²) >= 11 is 0. The molecule has 35 heavy (non-hydrogen) atoms. The number of aliphatic hydroxyl groups is 1. The Hall–Kier alpha value is -3.52. The Kier molecular flexibility index (Phi) is 11.8. The highest BCUT2D eigenvalue weighted by Gasteiger charge is 2.34. The van der Waals surface area contributed by atoms with Gasteiger partial charge < -0.3 is 42.0 Å². The summed E-state index contributed by atoms with van der Waals surface area (Å²) in [7, 11) is 0. The number of carbonyl (C=O) groups is 5. The number of amides is 3. The van der Waals surface area contributed by atoms with Crippen molar-refractivity contribution < 1.29 is 39.3 Å². The van der Waals surface area contributed by atoms with Gasteiger partial charge in [-0.3, -0.25) is 19.2 Å². The molecule has 0 aliphatic carbocycles. The lowest BCUT2D eigenvalue weighted by atomic mass is 9.97. The number of nitrogens with two attached hydrogens (primary N) is 1. The fourth-order valence-electron chi connectivity index (χ4n) is 3.12. The number of nitrogens with zero attached hydrogens (tertiary/aromatic N) is 1. The molecule has 0 aliphatic heterocycles. The smallest absolute Gasteiger partial charge is 0.326 e. The Bertz CT molecular complexity index is 875. The molecule has 0 spiro atoms. The molecule has 0 radical (unpaired) electrons. The number of rotatable bonds is 15. The second kappa shape index (κ2) is 14.0. The number of carboxylic acid groups (broad SMARTS) is 2. The molecule has 0 aliphatic rings. The number of imidazole rings is 1. The molecule has 1 rings (SSSR count). The van der Waals surface area contributed by atoms with Crippen LogP contribution in [0, 0.1) is 5.92 Å². The van der Waals surface area contributed by atoms with Gasteiger partial charge in [-0.25, -0.2) is 9.78 Å². The summed E-state index contributed by atoms with van der Waals surface area (Å²) < 4.78 is 0. The van der Waals surface area contributed by atoms with E-state index in [0.29, 0.717) is 12.1 Å². The van der Waals surface area contributed by atoms with E-state index in [1.807, 2.05) is 0 Å². The first kappa shape index (κ1) is 29.5. The fourth-order valence-corrected chi connectivity index (χ4v) is 3.12. The molecule has 0 aromatic carbocycles. The van der Waals surface area contributed by atoms with Crippen LogP contribution < -0.4 is 21.7 Å². The number of aliphatic carboxylic acids is 2. The van der Waals surface area contributed by atoms with Crippen molar-refractivity contribution in [2.24, 2.45) is 11.7 Å². The van der Waals surface area contributed by atoms with Crippen molar-refractivity contribution in [3.8, 4) is 0 Å². The van der Waals surface area contributed by atoms with E-state index in [0.717, 1.165) is 0 Å². The van der Waals surface area contributed by atoms with Gasteiger partial charge in [0.15, 0.2) is 0 Å². The van der Waals surface area contributed by atoms with E-state index in [1.165, 1.54) is 19.4 Å². The Balaban J connectivity index is 2.92. The van der Waals surface area contributed by atoms with Gasteiger partial charge in [-0.05, 0) is 19.3 Å². The summed E-state index contributed by atoms with van der Waals surface area (Å²) in [4.78, 5) is 67.0. The first-order valence-electron chi connectivity index (χ1n) is 11.1. The quantitative estimate of drug-likeness (QED) is 0.134. The van der Waals surface area contributed by atoms with Crippen LogP contribution in [0.1, 0.15) is 45.7 Å². The SMILES string of the molecule is CCC(C)C(NC(=O)C(N)Cc1cnc[nH]1)C(=O)NC(C(=O)NC(CCC(=O)O)C(=O)O)C(C)O. The zero-order chi connectivity index (χ0) is 26.7. The molecule has 1 aromatic heterocycles. The van der Waals surface area contributed by atoms with E-state index in [1.54, 1.807) is 13.8 Å². The molecule has 14 nitrogen and oxygen atoms in total. The van der Waals surface area contributed by atoms with Crippen LogP contribution in [0.3, 0.4) is 0 Å². The zero-order valence-electron chi connectivity index (χ0n) is 19.9. The third kappa shape index (κ3) is 9.70. The van der Waals surface area contributed by atoms with Crippen molar-refractivity contribution in [1.82, 2.24) is 25.9 Å². The van der Waals surface area contributed by atoms with Crippen molar-refractivity contribution in [2.45, 2.75) is 76.7 Å². The van der Waals surface area contributed by atoms with Crippen LogP contribution in [-0.4, -0.2) is 85.2 Å². The van der Waals surface area contributed by atoms with E-state index >= 15 is 0 Å². The number of nitrogens with one attached hydrogen (secondary N) is 4. The van der Waals surface area contributed by atoms with E-state index in [4.69, 9.17) is 10.8 Å². The molecule has 0 saturated heterocycles. The molecule has 196 valence electrons. The molecule has 3 amide bonds. The minimum absolute atomic E-state index is 0.145. The number of H-pyrrole nitrogens is 1. The third-order valence-corrected chi connectivity index (χ3v) is 5.45. The third-order valence-electron chi connectivity index (χ3n) is 5.45. The van der Waals surface area contributed by atoms with Gasteiger partial charge in [0.05, 0.1) is 18.5 Å². The minimum atomic E-state index is -1.56. The monoisotopic (exact) mass is 498 g/mol. The zero-order valence-corrected chi connectivity index (χ0v) is 19.9. The van der Waals surface area contributed by atoms with Crippen LogP contribution in [0.5, 0.6) is 0 Å². The highest BCUT2D eigenvalue weighted by molar-refractivity contribution is 5.94. The molecule has 14 heteroatoms. The van der Waals surface area contributed by atoms with Crippen molar-refractivity contribution in [3.05, 3.63) is 18.2 Å². The van der Waals surface area contributed by atoms with Crippen molar-refractivity contribution in [1.29, 1.82) is 0 Å². The Morgan fingerprint density at radius 2 is 1.63 bits per heavy atom. The Morgan fingerprint density at radius 3 is 2.11 bits per heavy atom. The Labute approximate surface area is 202 Å². The minimum Gasteiger partial charge on any atom is -0.481 e. The number of aromatic nitrogens is 2.